The molecule has 3 heterocycles. The number of hydrogen-bond donors (Lipinski definition) is 0. The van der Waals surface area contributed by atoms with Crippen LogP contribution in [0.25, 0.3) is 0 Å². The summed E-state index contributed by atoms with van der Waals surface area (Å²) in [6, 6.07) is 7.48. The Morgan fingerprint density at radius 3 is 2.55 bits per heavy atom. The first-order valence-corrected chi connectivity index (χ1v) is 11.9. The summed E-state index contributed by atoms with van der Waals surface area (Å²) in [6.07, 6.45) is 8.92. The van der Waals surface area contributed by atoms with Gasteiger partial charge in [-0.05, 0) is 42.2 Å². The molecule has 0 N–H and O–H groups in total. The number of aromatic nitrogens is 4. The Hall–Kier alpha value is -1.90. The fraction of sp³-hybridized carbons (Fsp3) is 0.696. The number of piperazine rings is 1. The maximum atomic E-state index is 15.0. The normalized spacial score (nSPS) is 25.1. The molecule has 1 saturated carbocycles. The zero-order valence-corrected chi connectivity index (χ0v) is 18.2. The van der Waals surface area contributed by atoms with Crippen LogP contribution in [0.15, 0.2) is 24.3 Å². The third-order valence-corrected chi connectivity index (χ3v) is 7.21. The maximum Gasteiger partial charge on any atom is 0.173 e. The second-order valence-electron chi connectivity index (χ2n) is 9.14. The Balaban J connectivity index is 1.38. The first-order chi connectivity index (χ1) is 15.3. The van der Waals surface area contributed by atoms with Gasteiger partial charge < -0.3 is 4.74 Å². The fourth-order valence-electron chi connectivity index (χ4n) is 5.52. The summed E-state index contributed by atoms with van der Waals surface area (Å²) in [5.41, 5.74) is 0.650. The Morgan fingerprint density at radius 2 is 1.81 bits per heavy atom. The van der Waals surface area contributed by atoms with Crippen molar-refractivity contribution in [2.75, 3.05) is 32.8 Å². The van der Waals surface area contributed by atoms with E-state index in [0.717, 1.165) is 45.6 Å². The predicted octanol–water partition coefficient (Wildman–Crippen LogP) is 3.03. The van der Waals surface area contributed by atoms with Gasteiger partial charge in [0.05, 0.1) is 12.6 Å². The van der Waals surface area contributed by atoms with Gasteiger partial charge in [0, 0.05) is 44.4 Å². The molecule has 31 heavy (non-hydrogen) atoms. The van der Waals surface area contributed by atoms with Gasteiger partial charge in [0.2, 0.25) is 0 Å². The van der Waals surface area contributed by atoms with E-state index >= 15 is 0 Å². The quantitative estimate of drug-likeness (QED) is 0.705. The minimum atomic E-state index is -0.286. The SMILES string of the molecule is Fc1ccccc1[C@H](c1nnnn1C[C@H]1CCCO1)N1CCN(C2CCCCC2)CC1. The summed E-state index contributed by atoms with van der Waals surface area (Å²) < 4.78 is 22.6. The largest absolute Gasteiger partial charge is 0.376 e. The van der Waals surface area contributed by atoms with Gasteiger partial charge in [-0.3, -0.25) is 9.80 Å². The van der Waals surface area contributed by atoms with E-state index in [1.165, 1.54) is 38.2 Å². The van der Waals surface area contributed by atoms with E-state index in [-0.39, 0.29) is 18.0 Å². The molecule has 3 fully saturated rings. The summed E-state index contributed by atoms with van der Waals surface area (Å²) in [4.78, 5) is 5.00. The molecule has 1 aliphatic carbocycles. The van der Waals surface area contributed by atoms with Crippen molar-refractivity contribution >= 4 is 0 Å². The molecule has 1 aromatic carbocycles. The lowest BCUT2D eigenvalue weighted by atomic mass is 9.93. The van der Waals surface area contributed by atoms with Gasteiger partial charge >= 0.3 is 0 Å². The molecule has 0 bridgehead atoms. The first kappa shape index (κ1) is 21.0. The van der Waals surface area contributed by atoms with Crippen LogP contribution in [0.2, 0.25) is 0 Å². The van der Waals surface area contributed by atoms with E-state index in [1.807, 2.05) is 16.8 Å². The number of halogens is 1. The number of tetrazole rings is 1. The predicted molar refractivity (Wildman–Crippen MR) is 115 cm³/mol. The average molecular weight is 429 g/mol. The minimum Gasteiger partial charge on any atom is -0.376 e. The second kappa shape index (κ2) is 9.71. The average Bonchev–Trinajstić information content (AvgIpc) is 3.49. The molecule has 5 rings (SSSR count). The van der Waals surface area contributed by atoms with E-state index in [1.54, 1.807) is 6.07 Å². The number of benzene rings is 1. The number of ether oxygens (including phenoxy) is 1. The van der Waals surface area contributed by atoms with Gasteiger partial charge in [-0.25, -0.2) is 9.07 Å². The third kappa shape index (κ3) is 4.66. The van der Waals surface area contributed by atoms with Crippen molar-refractivity contribution in [1.29, 1.82) is 0 Å². The molecule has 0 spiro atoms. The Kier molecular flexibility index (Phi) is 6.57. The summed E-state index contributed by atoms with van der Waals surface area (Å²) in [7, 11) is 0. The van der Waals surface area contributed by atoms with Gasteiger partial charge in [-0.15, -0.1) is 5.10 Å². The first-order valence-electron chi connectivity index (χ1n) is 11.9. The van der Waals surface area contributed by atoms with Crippen molar-refractivity contribution in [3.63, 3.8) is 0 Å². The lowest BCUT2D eigenvalue weighted by Gasteiger charge is -2.43. The fourth-order valence-corrected chi connectivity index (χ4v) is 5.52. The summed E-state index contributed by atoms with van der Waals surface area (Å²) in [5, 5.41) is 12.6. The van der Waals surface area contributed by atoms with Gasteiger partial charge in [-0.1, -0.05) is 37.5 Å². The minimum absolute atomic E-state index is 0.131. The molecule has 2 saturated heterocycles. The number of hydrogen-bond acceptors (Lipinski definition) is 6. The molecule has 2 aromatic rings. The Bertz CT molecular complexity index is 840. The molecule has 8 heteroatoms. The van der Waals surface area contributed by atoms with Gasteiger partial charge in [-0.2, -0.15) is 0 Å². The zero-order valence-electron chi connectivity index (χ0n) is 18.2. The summed E-state index contributed by atoms with van der Waals surface area (Å²) >= 11 is 0. The van der Waals surface area contributed by atoms with Gasteiger partial charge in [0.25, 0.3) is 0 Å². The molecular formula is C23H33FN6O. The molecule has 0 radical (unpaired) electrons. The highest BCUT2D eigenvalue weighted by atomic mass is 19.1. The highest BCUT2D eigenvalue weighted by Gasteiger charge is 2.34. The topological polar surface area (TPSA) is 59.3 Å². The van der Waals surface area contributed by atoms with Crippen LogP contribution in [0.5, 0.6) is 0 Å². The van der Waals surface area contributed by atoms with Crippen LogP contribution in [-0.2, 0) is 11.3 Å². The molecule has 168 valence electrons. The highest BCUT2D eigenvalue weighted by Crippen LogP contribution is 2.32. The molecule has 3 aliphatic rings. The summed E-state index contributed by atoms with van der Waals surface area (Å²) in [5.74, 6) is 0.514. The van der Waals surface area contributed by atoms with Crippen molar-refractivity contribution in [3.8, 4) is 0 Å². The van der Waals surface area contributed by atoms with E-state index in [4.69, 9.17) is 4.74 Å². The molecule has 2 atom stereocenters. The molecular weight excluding hydrogens is 395 g/mol. The van der Waals surface area contributed by atoms with Crippen molar-refractivity contribution in [2.24, 2.45) is 0 Å². The molecule has 0 amide bonds. The van der Waals surface area contributed by atoms with Gasteiger partial charge in [0.15, 0.2) is 5.82 Å². The molecule has 1 aromatic heterocycles. The standard InChI is InChI=1S/C23H33FN6O/c24-21-11-5-4-10-20(21)22(23-25-26-27-30(23)17-19-9-6-16-31-19)29-14-12-28(13-15-29)18-7-2-1-3-8-18/h4-5,10-11,18-19,22H,1-3,6-9,12-17H2/t19-,22-/m1/s1. The Labute approximate surface area is 183 Å². The van der Waals surface area contributed by atoms with Crippen LogP contribution in [0.3, 0.4) is 0 Å². The number of rotatable bonds is 6. The van der Waals surface area contributed by atoms with Gasteiger partial charge in [0.1, 0.15) is 11.9 Å². The van der Waals surface area contributed by atoms with E-state index in [9.17, 15) is 4.39 Å². The smallest absolute Gasteiger partial charge is 0.173 e. The lowest BCUT2D eigenvalue weighted by molar-refractivity contribution is 0.0588. The van der Waals surface area contributed by atoms with E-state index in [2.05, 4.69) is 25.3 Å². The zero-order chi connectivity index (χ0) is 21.0. The summed E-state index contributed by atoms with van der Waals surface area (Å²) in [6.45, 7) is 5.23. The highest BCUT2D eigenvalue weighted by molar-refractivity contribution is 5.26. The van der Waals surface area contributed by atoms with Crippen LogP contribution >= 0.6 is 0 Å². The molecule has 2 aliphatic heterocycles. The van der Waals surface area contributed by atoms with Crippen molar-refractivity contribution < 1.29 is 9.13 Å². The number of nitrogens with zero attached hydrogens (tertiary/aromatic N) is 6. The van der Waals surface area contributed by atoms with Crippen molar-refractivity contribution in [1.82, 2.24) is 30.0 Å². The van der Waals surface area contributed by atoms with E-state index < -0.39 is 0 Å². The lowest BCUT2D eigenvalue weighted by Crippen LogP contribution is -2.52. The van der Waals surface area contributed by atoms with Crippen LogP contribution in [0.1, 0.15) is 62.4 Å². The van der Waals surface area contributed by atoms with Crippen LogP contribution in [0, 0.1) is 5.82 Å². The van der Waals surface area contributed by atoms with Crippen LogP contribution in [0.4, 0.5) is 4.39 Å². The van der Waals surface area contributed by atoms with Crippen molar-refractivity contribution in [2.45, 2.75) is 69.7 Å². The molecule has 7 nitrogen and oxygen atoms in total. The monoisotopic (exact) mass is 428 g/mol. The van der Waals surface area contributed by atoms with Crippen molar-refractivity contribution in [3.05, 3.63) is 41.5 Å². The third-order valence-electron chi connectivity index (χ3n) is 7.21. The Morgan fingerprint density at radius 1 is 1.00 bits per heavy atom. The van der Waals surface area contributed by atoms with Crippen LogP contribution < -0.4 is 0 Å². The second-order valence-corrected chi connectivity index (χ2v) is 9.14. The van der Waals surface area contributed by atoms with Crippen LogP contribution in [-0.4, -0.2) is 74.9 Å². The van der Waals surface area contributed by atoms with E-state index in [0.29, 0.717) is 24.0 Å². The molecule has 0 unspecified atom stereocenters. The maximum absolute atomic E-state index is 15.0.